The van der Waals surface area contributed by atoms with Crippen LogP contribution in [0.1, 0.15) is 41.9 Å². The summed E-state index contributed by atoms with van der Waals surface area (Å²) in [5.41, 5.74) is 4.52. The number of piperidine rings is 1. The maximum atomic E-state index is 10.9. The number of rotatable bonds is 12. The highest BCUT2D eigenvalue weighted by atomic mass is 16.5. The van der Waals surface area contributed by atoms with E-state index in [1.807, 2.05) is 6.07 Å². The number of anilines is 1. The van der Waals surface area contributed by atoms with Crippen molar-refractivity contribution in [2.45, 2.75) is 50.6 Å². The Morgan fingerprint density at radius 1 is 1.00 bits per heavy atom. The van der Waals surface area contributed by atoms with E-state index in [1.54, 1.807) is 7.11 Å². The van der Waals surface area contributed by atoms with Crippen molar-refractivity contribution in [1.29, 1.82) is 0 Å². The van der Waals surface area contributed by atoms with Gasteiger partial charge in [0.15, 0.2) is 0 Å². The van der Waals surface area contributed by atoms with Gasteiger partial charge in [0.25, 0.3) is 0 Å². The summed E-state index contributed by atoms with van der Waals surface area (Å²) in [7, 11) is 1.74. The first-order chi connectivity index (χ1) is 19.2. The summed E-state index contributed by atoms with van der Waals surface area (Å²) in [4.78, 5) is 2.36. The predicted molar refractivity (Wildman–Crippen MR) is 150 cm³/mol. The van der Waals surface area contributed by atoms with Crippen LogP contribution in [0, 0.1) is 5.92 Å². The molecule has 3 aliphatic heterocycles. The first-order valence-electron chi connectivity index (χ1n) is 14.5. The van der Waals surface area contributed by atoms with E-state index in [1.165, 1.54) is 11.1 Å². The van der Waals surface area contributed by atoms with Gasteiger partial charge in [0.2, 0.25) is 0 Å². The number of β-amino-alcohol motifs (C(OH)–C–C–N with tert-alkyl or cyclic N) is 1. The molecule has 0 bridgehead atoms. The van der Waals surface area contributed by atoms with Crippen LogP contribution >= 0.6 is 0 Å². The number of ether oxygens (including phenoxy) is 5. The van der Waals surface area contributed by atoms with E-state index in [2.05, 4.69) is 46.6 Å². The van der Waals surface area contributed by atoms with Crippen LogP contribution in [0.15, 0.2) is 42.5 Å². The topological polar surface area (TPSA) is 81.7 Å². The summed E-state index contributed by atoms with van der Waals surface area (Å²) in [6, 6.07) is 14.9. The molecular weight excluding hydrogens is 496 g/mol. The minimum Gasteiger partial charge on any atom is -0.490 e. The minimum atomic E-state index is -0.572. The largest absolute Gasteiger partial charge is 0.490 e. The van der Waals surface area contributed by atoms with Crippen LogP contribution in [0.5, 0.6) is 5.75 Å². The second-order valence-corrected chi connectivity index (χ2v) is 10.9. The Balaban J connectivity index is 1.18. The Hall–Kier alpha value is -2.20. The van der Waals surface area contributed by atoms with Gasteiger partial charge in [0, 0.05) is 52.5 Å². The summed E-state index contributed by atoms with van der Waals surface area (Å²) in [6.45, 7) is 8.09. The van der Waals surface area contributed by atoms with Gasteiger partial charge in [-0.2, -0.15) is 0 Å². The Bertz CT molecular complexity index is 1010. The molecule has 2 N–H and O–H groups in total. The molecule has 0 unspecified atom stereocenters. The molecule has 2 aromatic carbocycles. The number of nitrogens with zero attached hydrogens (tertiary/aromatic N) is 1. The molecule has 8 heteroatoms. The second kappa shape index (κ2) is 14.4. The monoisotopic (exact) mass is 540 g/mol. The quantitative estimate of drug-likeness (QED) is 0.396. The summed E-state index contributed by atoms with van der Waals surface area (Å²) < 4.78 is 29.0. The smallest absolute Gasteiger partial charge is 0.142 e. The van der Waals surface area contributed by atoms with Gasteiger partial charge >= 0.3 is 0 Å². The van der Waals surface area contributed by atoms with Crippen LogP contribution in [0.4, 0.5) is 5.69 Å². The van der Waals surface area contributed by atoms with Crippen molar-refractivity contribution >= 4 is 5.69 Å². The molecule has 0 aliphatic carbocycles. The van der Waals surface area contributed by atoms with Crippen LogP contribution in [0.3, 0.4) is 0 Å². The van der Waals surface area contributed by atoms with Gasteiger partial charge in [0.05, 0.1) is 44.3 Å². The number of hydrogen-bond donors (Lipinski definition) is 2. The van der Waals surface area contributed by atoms with Crippen molar-refractivity contribution in [2.75, 3.05) is 71.2 Å². The zero-order valence-electron chi connectivity index (χ0n) is 23.2. The Morgan fingerprint density at radius 2 is 1.82 bits per heavy atom. The molecule has 39 heavy (non-hydrogen) atoms. The fraction of sp³-hybridized carbons (Fsp3) is 0.613. The van der Waals surface area contributed by atoms with Gasteiger partial charge in [-0.15, -0.1) is 0 Å². The average molecular weight is 541 g/mol. The number of nitrogens with one attached hydrogen (secondary N) is 1. The fourth-order valence-electron chi connectivity index (χ4n) is 5.77. The van der Waals surface area contributed by atoms with Crippen molar-refractivity contribution in [3.05, 3.63) is 59.2 Å². The lowest BCUT2D eigenvalue weighted by molar-refractivity contribution is -0.0711. The maximum Gasteiger partial charge on any atom is 0.142 e. The van der Waals surface area contributed by atoms with Crippen molar-refractivity contribution in [3.63, 3.8) is 0 Å². The van der Waals surface area contributed by atoms with E-state index in [-0.39, 0.29) is 12.0 Å². The highest BCUT2D eigenvalue weighted by molar-refractivity contribution is 5.61. The van der Waals surface area contributed by atoms with Gasteiger partial charge in [-0.05, 0) is 54.0 Å². The summed E-state index contributed by atoms with van der Waals surface area (Å²) in [5, 5.41) is 14.2. The SMILES string of the molecule is COCCCN1CCOc2ccc(CO[C@@H]3[C@@H](O)CNC[C@H]3c3ccc(COCC4CCOCC4)cc3)cc21. The molecule has 0 spiro atoms. The molecule has 8 nitrogen and oxygen atoms in total. The molecule has 2 fully saturated rings. The minimum absolute atomic E-state index is 0.0671. The van der Waals surface area contributed by atoms with E-state index in [0.29, 0.717) is 32.3 Å². The molecule has 3 atom stereocenters. The molecular formula is C31H44N2O6. The standard InChI is InChI=1S/C31H44N2O6/c1-35-13-2-11-33-12-16-38-30-8-5-25(17-28(30)33)22-39-31-27(18-32-19-29(31)34)26-6-3-23(4-7-26)20-37-21-24-9-14-36-15-10-24/h3-8,17,24,27,29,31-32,34H,2,9-16,18-22H2,1H3/t27-,29-,31-/m0/s1. The second-order valence-electron chi connectivity index (χ2n) is 10.9. The van der Waals surface area contributed by atoms with E-state index in [9.17, 15) is 5.11 Å². The average Bonchev–Trinajstić information content (AvgIpc) is 2.97. The third-order valence-corrected chi connectivity index (χ3v) is 8.07. The molecule has 2 saturated heterocycles. The van der Waals surface area contributed by atoms with Gasteiger partial charge in [-0.25, -0.2) is 0 Å². The first-order valence-corrected chi connectivity index (χ1v) is 14.5. The molecule has 0 amide bonds. The molecule has 0 saturated carbocycles. The zero-order chi connectivity index (χ0) is 26.9. The Kier molecular flexibility index (Phi) is 10.5. The van der Waals surface area contributed by atoms with Crippen LogP contribution in [-0.4, -0.2) is 83.6 Å². The van der Waals surface area contributed by atoms with Gasteiger partial charge < -0.3 is 39.0 Å². The van der Waals surface area contributed by atoms with E-state index >= 15 is 0 Å². The van der Waals surface area contributed by atoms with E-state index in [0.717, 1.165) is 82.3 Å². The maximum absolute atomic E-state index is 10.9. The number of hydrogen-bond acceptors (Lipinski definition) is 8. The van der Waals surface area contributed by atoms with Crippen LogP contribution in [0.25, 0.3) is 0 Å². The molecule has 0 aromatic heterocycles. The molecule has 214 valence electrons. The highest BCUT2D eigenvalue weighted by Gasteiger charge is 2.34. The summed E-state index contributed by atoms with van der Waals surface area (Å²) >= 11 is 0. The normalized spacial score (nSPS) is 23.8. The lowest BCUT2D eigenvalue weighted by Gasteiger charge is -2.36. The van der Waals surface area contributed by atoms with E-state index < -0.39 is 6.10 Å². The lowest BCUT2D eigenvalue weighted by Crippen LogP contribution is -2.50. The number of aliphatic hydroxyl groups is 1. The molecule has 2 aromatic rings. The number of fused-ring (bicyclic) bond motifs is 1. The van der Waals surface area contributed by atoms with Crippen molar-refractivity contribution in [2.24, 2.45) is 5.92 Å². The lowest BCUT2D eigenvalue weighted by atomic mass is 9.87. The molecule has 5 rings (SSSR count). The van der Waals surface area contributed by atoms with Crippen molar-refractivity contribution in [3.8, 4) is 5.75 Å². The summed E-state index contributed by atoms with van der Waals surface area (Å²) in [5.74, 6) is 1.59. The van der Waals surface area contributed by atoms with Gasteiger partial charge in [-0.1, -0.05) is 30.3 Å². The summed E-state index contributed by atoms with van der Waals surface area (Å²) in [6.07, 6.45) is 2.29. The third kappa shape index (κ3) is 7.72. The zero-order valence-corrected chi connectivity index (χ0v) is 23.2. The first kappa shape index (κ1) is 28.3. The number of benzene rings is 2. The van der Waals surface area contributed by atoms with Crippen LogP contribution in [0.2, 0.25) is 0 Å². The number of aliphatic hydroxyl groups excluding tert-OH is 1. The molecule has 0 radical (unpaired) electrons. The fourth-order valence-corrected chi connectivity index (χ4v) is 5.77. The van der Waals surface area contributed by atoms with Gasteiger partial charge in [-0.3, -0.25) is 0 Å². The number of methoxy groups -OCH3 is 1. The molecule has 3 aliphatic rings. The van der Waals surface area contributed by atoms with Crippen molar-refractivity contribution in [1.82, 2.24) is 5.32 Å². The van der Waals surface area contributed by atoms with Crippen molar-refractivity contribution < 1.29 is 28.8 Å². The third-order valence-electron chi connectivity index (χ3n) is 8.07. The van der Waals surface area contributed by atoms with Crippen LogP contribution < -0.4 is 15.0 Å². The van der Waals surface area contributed by atoms with Crippen LogP contribution in [-0.2, 0) is 32.2 Å². The highest BCUT2D eigenvalue weighted by Crippen LogP contribution is 2.34. The Morgan fingerprint density at radius 3 is 2.64 bits per heavy atom. The van der Waals surface area contributed by atoms with Gasteiger partial charge in [0.1, 0.15) is 12.4 Å². The Labute approximate surface area is 232 Å². The predicted octanol–water partition coefficient (Wildman–Crippen LogP) is 3.50. The molecule has 3 heterocycles. The van der Waals surface area contributed by atoms with E-state index in [4.69, 9.17) is 23.7 Å².